The first-order chi connectivity index (χ1) is 16.8. The molecule has 184 valence electrons. The highest BCUT2D eigenvalue weighted by atomic mass is 19.1. The number of aromatic nitrogens is 2. The summed E-state index contributed by atoms with van der Waals surface area (Å²) in [5.41, 5.74) is 3.64. The number of amides is 1. The fourth-order valence-corrected chi connectivity index (χ4v) is 3.68. The van der Waals surface area contributed by atoms with Gasteiger partial charge in [0.15, 0.2) is 11.5 Å². The number of carbonyl (C=O) groups excluding carboxylic acids is 2. The predicted molar refractivity (Wildman–Crippen MR) is 129 cm³/mol. The molecular formula is C26H28FN3O5. The van der Waals surface area contributed by atoms with Crippen LogP contribution >= 0.6 is 0 Å². The van der Waals surface area contributed by atoms with Gasteiger partial charge in [-0.2, -0.15) is 5.10 Å². The van der Waals surface area contributed by atoms with Crippen LogP contribution < -0.4 is 14.8 Å². The highest BCUT2D eigenvalue weighted by molar-refractivity contribution is 5.92. The first kappa shape index (κ1) is 25.5. The topological polar surface area (TPSA) is 91.7 Å². The van der Waals surface area contributed by atoms with Crippen molar-refractivity contribution in [3.8, 4) is 17.2 Å². The van der Waals surface area contributed by atoms with Crippen LogP contribution in [0.15, 0.2) is 48.5 Å². The molecule has 1 N–H and O–H groups in total. The molecule has 0 radical (unpaired) electrons. The van der Waals surface area contributed by atoms with Gasteiger partial charge in [-0.15, -0.1) is 0 Å². The Labute approximate surface area is 203 Å². The minimum absolute atomic E-state index is 0.0634. The summed E-state index contributed by atoms with van der Waals surface area (Å²) in [5, 5.41) is 7.36. The molecule has 0 spiro atoms. The minimum atomic E-state index is -0.650. The molecule has 0 saturated heterocycles. The summed E-state index contributed by atoms with van der Waals surface area (Å²) in [7, 11) is 4.33. The Morgan fingerprint density at radius 2 is 1.74 bits per heavy atom. The van der Waals surface area contributed by atoms with Gasteiger partial charge >= 0.3 is 5.97 Å². The second-order valence-corrected chi connectivity index (χ2v) is 7.76. The van der Waals surface area contributed by atoms with Gasteiger partial charge in [0.25, 0.3) is 0 Å². The Hall–Kier alpha value is -4.14. The summed E-state index contributed by atoms with van der Waals surface area (Å²) in [6.45, 7) is 3.69. The van der Waals surface area contributed by atoms with Crippen LogP contribution in [0.5, 0.6) is 11.5 Å². The number of nitrogens with one attached hydrogen (secondary N) is 1. The highest BCUT2D eigenvalue weighted by Gasteiger charge is 2.20. The van der Waals surface area contributed by atoms with E-state index in [1.54, 1.807) is 41.1 Å². The average Bonchev–Trinajstić information content (AvgIpc) is 3.15. The molecule has 0 aliphatic rings. The number of nitrogens with zero attached hydrogens (tertiary/aromatic N) is 2. The third kappa shape index (κ3) is 6.06. The maximum absolute atomic E-state index is 13.3. The zero-order chi connectivity index (χ0) is 25.5. The summed E-state index contributed by atoms with van der Waals surface area (Å²) < 4.78 is 30.4. The van der Waals surface area contributed by atoms with Gasteiger partial charge in [-0.3, -0.25) is 9.59 Å². The van der Waals surface area contributed by atoms with Gasteiger partial charge in [-0.1, -0.05) is 6.07 Å². The fraction of sp³-hybridized carbons (Fsp3) is 0.269. The second kappa shape index (κ2) is 11.3. The number of rotatable bonds is 9. The van der Waals surface area contributed by atoms with Gasteiger partial charge in [0.05, 0.1) is 45.2 Å². The Morgan fingerprint density at radius 1 is 1.06 bits per heavy atom. The van der Waals surface area contributed by atoms with Crippen molar-refractivity contribution in [3.05, 3.63) is 76.9 Å². The van der Waals surface area contributed by atoms with Crippen molar-refractivity contribution >= 4 is 18.0 Å². The third-order valence-corrected chi connectivity index (χ3v) is 5.54. The van der Waals surface area contributed by atoms with Gasteiger partial charge in [-0.05, 0) is 61.9 Å². The Bertz CT molecular complexity index is 1230. The van der Waals surface area contributed by atoms with E-state index in [2.05, 4.69) is 10.4 Å². The maximum atomic E-state index is 13.3. The van der Waals surface area contributed by atoms with Crippen molar-refractivity contribution in [2.45, 2.75) is 26.3 Å². The molecule has 1 atom stereocenters. The SMILES string of the molecule is COC(=O)CC(NC(=O)/C=C/c1c(C)nn(-c2ccc(F)cc2)c1C)c1ccc(OC)c(OC)c1. The molecule has 1 aromatic heterocycles. The number of carbonyl (C=O) groups is 2. The van der Waals surface area contributed by atoms with Gasteiger partial charge < -0.3 is 19.5 Å². The van der Waals surface area contributed by atoms with E-state index in [4.69, 9.17) is 14.2 Å². The number of halogens is 1. The molecule has 9 heteroatoms. The lowest BCUT2D eigenvalue weighted by Crippen LogP contribution is -2.29. The van der Waals surface area contributed by atoms with Crippen LogP contribution in [0.3, 0.4) is 0 Å². The number of benzene rings is 2. The normalized spacial score (nSPS) is 11.8. The average molecular weight is 482 g/mol. The van der Waals surface area contributed by atoms with Crippen LogP contribution in [-0.2, 0) is 14.3 Å². The highest BCUT2D eigenvalue weighted by Crippen LogP contribution is 2.31. The van der Waals surface area contributed by atoms with E-state index >= 15 is 0 Å². The molecule has 3 rings (SSSR count). The Morgan fingerprint density at radius 3 is 2.37 bits per heavy atom. The molecule has 0 fully saturated rings. The van der Waals surface area contributed by atoms with E-state index < -0.39 is 17.9 Å². The first-order valence-electron chi connectivity index (χ1n) is 10.9. The van der Waals surface area contributed by atoms with Crippen molar-refractivity contribution in [3.63, 3.8) is 0 Å². The first-order valence-corrected chi connectivity index (χ1v) is 10.9. The van der Waals surface area contributed by atoms with Crippen molar-refractivity contribution in [2.75, 3.05) is 21.3 Å². The van der Waals surface area contributed by atoms with Crippen LogP contribution in [0.25, 0.3) is 11.8 Å². The molecule has 1 heterocycles. The lowest BCUT2D eigenvalue weighted by atomic mass is 10.0. The summed E-state index contributed by atoms with van der Waals surface area (Å²) >= 11 is 0. The zero-order valence-corrected chi connectivity index (χ0v) is 20.3. The monoisotopic (exact) mass is 481 g/mol. The zero-order valence-electron chi connectivity index (χ0n) is 20.3. The standard InChI is InChI=1S/C26H28FN3O5/c1-16-21(17(2)30(29-16)20-9-7-19(27)8-10-20)11-13-25(31)28-22(15-26(32)35-5)18-6-12-23(33-3)24(14-18)34-4/h6-14,22H,15H2,1-5H3,(H,28,31)/b13-11+. The molecule has 1 unspecified atom stereocenters. The molecule has 3 aromatic rings. The molecule has 0 aliphatic carbocycles. The van der Waals surface area contributed by atoms with Crippen LogP contribution in [0.4, 0.5) is 4.39 Å². The van der Waals surface area contributed by atoms with Crippen molar-refractivity contribution in [2.24, 2.45) is 0 Å². The lowest BCUT2D eigenvalue weighted by molar-refractivity contribution is -0.141. The Kier molecular flexibility index (Phi) is 8.25. The summed E-state index contributed by atoms with van der Waals surface area (Å²) in [6, 6.07) is 10.5. The van der Waals surface area contributed by atoms with E-state index in [9.17, 15) is 14.0 Å². The lowest BCUT2D eigenvalue weighted by Gasteiger charge is -2.19. The van der Waals surface area contributed by atoms with E-state index in [1.165, 1.54) is 39.5 Å². The van der Waals surface area contributed by atoms with Gasteiger partial charge in [0, 0.05) is 17.3 Å². The summed E-state index contributed by atoms with van der Waals surface area (Å²) in [5.74, 6) is -0.195. The number of aryl methyl sites for hydroxylation is 1. The van der Waals surface area contributed by atoms with Crippen LogP contribution in [-0.4, -0.2) is 43.0 Å². The molecule has 2 aromatic carbocycles. The number of hydrogen-bond donors (Lipinski definition) is 1. The smallest absolute Gasteiger partial charge is 0.307 e. The third-order valence-electron chi connectivity index (χ3n) is 5.54. The van der Waals surface area contributed by atoms with Gasteiger partial charge in [0.1, 0.15) is 5.82 Å². The summed E-state index contributed by atoms with van der Waals surface area (Å²) in [4.78, 5) is 24.8. The molecule has 1 amide bonds. The predicted octanol–water partition coefficient (Wildman–Crippen LogP) is 4.08. The van der Waals surface area contributed by atoms with Crippen molar-refractivity contribution in [1.29, 1.82) is 0 Å². The molecule has 0 aliphatic heterocycles. The largest absolute Gasteiger partial charge is 0.493 e. The molecule has 0 bridgehead atoms. The van der Waals surface area contributed by atoms with E-state index in [0.717, 1.165) is 11.3 Å². The molecule has 35 heavy (non-hydrogen) atoms. The van der Waals surface area contributed by atoms with E-state index in [1.807, 2.05) is 13.8 Å². The number of esters is 1. The van der Waals surface area contributed by atoms with Crippen molar-refractivity contribution in [1.82, 2.24) is 15.1 Å². The van der Waals surface area contributed by atoms with Crippen LogP contribution in [0, 0.1) is 19.7 Å². The quantitative estimate of drug-likeness (QED) is 0.366. The molecular weight excluding hydrogens is 453 g/mol. The fourth-order valence-electron chi connectivity index (χ4n) is 3.68. The Balaban J connectivity index is 1.83. The maximum Gasteiger partial charge on any atom is 0.307 e. The van der Waals surface area contributed by atoms with Gasteiger partial charge in [0.2, 0.25) is 5.91 Å². The van der Waals surface area contributed by atoms with Gasteiger partial charge in [-0.25, -0.2) is 9.07 Å². The minimum Gasteiger partial charge on any atom is -0.493 e. The number of ether oxygens (including phenoxy) is 3. The molecule has 8 nitrogen and oxygen atoms in total. The molecule has 0 saturated carbocycles. The number of methoxy groups -OCH3 is 3. The summed E-state index contributed by atoms with van der Waals surface area (Å²) in [6.07, 6.45) is 2.99. The van der Waals surface area contributed by atoms with Crippen LogP contribution in [0.1, 0.15) is 35.0 Å². The van der Waals surface area contributed by atoms with Crippen LogP contribution in [0.2, 0.25) is 0 Å². The number of hydrogen-bond acceptors (Lipinski definition) is 6. The van der Waals surface area contributed by atoms with E-state index in [-0.39, 0.29) is 12.2 Å². The van der Waals surface area contributed by atoms with E-state index in [0.29, 0.717) is 28.4 Å². The second-order valence-electron chi connectivity index (χ2n) is 7.76. The van der Waals surface area contributed by atoms with Crippen molar-refractivity contribution < 1.29 is 28.2 Å².